The average Bonchev–Trinajstić information content (AvgIpc) is 2.44. The van der Waals surface area contributed by atoms with Gasteiger partial charge in [0, 0.05) is 10.6 Å². The van der Waals surface area contributed by atoms with Gasteiger partial charge in [0.2, 0.25) is 0 Å². The summed E-state index contributed by atoms with van der Waals surface area (Å²) in [6, 6.07) is 10.9. The molecule has 0 bridgehead atoms. The Morgan fingerprint density at radius 3 is 2.48 bits per heavy atom. The highest BCUT2D eigenvalue weighted by Crippen LogP contribution is 2.25. The minimum absolute atomic E-state index is 0.0366. The van der Waals surface area contributed by atoms with Crippen molar-refractivity contribution in [2.45, 2.75) is 18.7 Å². The summed E-state index contributed by atoms with van der Waals surface area (Å²) in [5, 5.41) is 0.479. The lowest BCUT2D eigenvalue weighted by Gasteiger charge is -2.12. The maximum Gasteiger partial charge on any atom is 0.261 e. The molecule has 6 heteroatoms. The summed E-state index contributed by atoms with van der Waals surface area (Å²) in [6.45, 7) is 3.12. The van der Waals surface area contributed by atoms with E-state index in [1.807, 2.05) is 0 Å². The Bertz CT molecular complexity index is 800. The van der Waals surface area contributed by atoms with E-state index in [1.165, 1.54) is 25.1 Å². The Balaban J connectivity index is 2.41. The fourth-order valence-corrected chi connectivity index (χ4v) is 3.15. The molecule has 0 saturated carbocycles. The van der Waals surface area contributed by atoms with Crippen molar-refractivity contribution in [1.29, 1.82) is 0 Å². The van der Waals surface area contributed by atoms with Crippen molar-refractivity contribution in [1.82, 2.24) is 0 Å². The lowest BCUT2D eigenvalue weighted by molar-refractivity contribution is 0.101. The topological polar surface area (TPSA) is 63.2 Å². The van der Waals surface area contributed by atoms with Crippen molar-refractivity contribution < 1.29 is 13.2 Å². The van der Waals surface area contributed by atoms with Crippen LogP contribution in [0.3, 0.4) is 0 Å². The number of ketones is 1. The molecule has 0 spiro atoms. The van der Waals surface area contributed by atoms with Gasteiger partial charge in [-0.05, 0) is 43.7 Å². The van der Waals surface area contributed by atoms with Crippen molar-refractivity contribution >= 4 is 33.1 Å². The second kappa shape index (κ2) is 5.87. The molecule has 110 valence electrons. The first-order chi connectivity index (χ1) is 9.81. The SMILES string of the molecule is CC(=O)c1cccc(S(=O)(=O)Nc2cccc(Cl)c2C)c1. The minimum atomic E-state index is -3.77. The molecule has 0 aromatic heterocycles. The molecule has 0 unspecified atom stereocenters. The monoisotopic (exact) mass is 323 g/mol. The minimum Gasteiger partial charge on any atom is -0.295 e. The molecule has 0 aliphatic rings. The highest BCUT2D eigenvalue weighted by molar-refractivity contribution is 7.92. The van der Waals surface area contributed by atoms with E-state index in [-0.39, 0.29) is 10.7 Å². The van der Waals surface area contributed by atoms with Crippen molar-refractivity contribution in [3.8, 4) is 0 Å². The number of Topliss-reactive ketones (excluding diaryl/α,β-unsaturated/α-hetero) is 1. The summed E-state index contributed by atoms with van der Waals surface area (Å²) in [5.74, 6) is -0.189. The zero-order valence-corrected chi connectivity index (χ0v) is 13.1. The third-order valence-corrected chi connectivity index (χ3v) is 4.84. The van der Waals surface area contributed by atoms with E-state index < -0.39 is 10.0 Å². The summed E-state index contributed by atoms with van der Waals surface area (Å²) in [6.07, 6.45) is 0. The highest BCUT2D eigenvalue weighted by atomic mass is 35.5. The van der Waals surface area contributed by atoms with Gasteiger partial charge in [-0.1, -0.05) is 29.8 Å². The van der Waals surface area contributed by atoms with E-state index in [9.17, 15) is 13.2 Å². The fourth-order valence-electron chi connectivity index (χ4n) is 1.80. The van der Waals surface area contributed by atoms with Crippen molar-refractivity contribution in [3.63, 3.8) is 0 Å². The Morgan fingerprint density at radius 1 is 1.14 bits per heavy atom. The maximum absolute atomic E-state index is 12.4. The molecular formula is C15H14ClNO3S. The van der Waals surface area contributed by atoms with Gasteiger partial charge < -0.3 is 0 Å². The highest BCUT2D eigenvalue weighted by Gasteiger charge is 2.17. The van der Waals surface area contributed by atoms with Crippen LogP contribution in [0.4, 0.5) is 5.69 Å². The molecule has 2 aromatic carbocycles. The molecule has 0 aliphatic heterocycles. The number of hydrogen-bond acceptors (Lipinski definition) is 3. The molecule has 1 N–H and O–H groups in total. The number of halogens is 1. The van der Waals surface area contributed by atoms with Crippen LogP contribution in [0, 0.1) is 6.92 Å². The average molecular weight is 324 g/mol. The van der Waals surface area contributed by atoms with Crippen LogP contribution in [0.2, 0.25) is 5.02 Å². The Hall–Kier alpha value is -1.85. The number of rotatable bonds is 4. The Morgan fingerprint density at radius 2 is 1.81 bits per heavy atom. The lowest BCUT2D eigenvalue weighted by Crippen LogP contribution is -2.14. The molecule has 0 aliphatic carbocycles. The number of nitrogens with one attached hydrogen (secondary N) is 1. The first-order valence-corrected chi connectivity index (χ1v) is 8.06. The van der Waals surface area contributed by atoms with Gasteiger partial charge in [-0.3, -0.25) is 9.52 Å². The van der Waals surface area contributed by atoms with E-state index in [4.69, 9.17) is 11.6 Å². The molecule has 2 rings (SSSR count). The van der Waals surface area contributed by atoms with E-state index in [0.717, 1.165) is 0 Å². The third kappa shape index (κ3) is 3.43. The number of anilines is 1. The molecule has 4 nitrogen and oxygen atoms in total. The summed E-state index contributed by atoms with van der Waals surface area (Å²) in [7, 11) is -3.77. The molecule has 0 saturated heterocycles. The molecule has 0 amide bonds. The first kappa shape index (κ1) is 15.5. The predicted octanol–water partition coefficient (Wildman–Crippen LogP) is 3.65. The first-order valence-electron chi connectivity index (χ1n) is 6.20. The van der Waals surface area contributed by atoms with Gasteiger partial charge in [0.1, 0.15) is 0 Å². The van der Waals surface area contributed by atoms with Gasteiger partial charge in [-0.15, -0.1) is 0 Å². The maximum atomic E-state index is 12.4. The van der Waals surface area contributed by atoms with Crippen LogP contribution in [0.5, 0.6) is 0 Å². The largest absolute Gasteiger partial charge is 0.295 e. The number of sulfonamides is 1. The van der Waals surface area contributed by atoms with Crippen molar-refractivity contribution in [2.24, 2.45) is 0 Å². The van der Waals surface area contributed by atoms with E-state index >= 15 is 0 Å². The fraction of sp³-hybridized carbons (Fsp3) is 0.133. The smallest absolute Gasteiger partial charge is 0.261 e. The van der Waals surface area contributed by atoms with E-state index in [2.05, 4.69) is 4.72 Å². The van der Waals surface area contributed by atoms with Crippen LogP contribution >= 0.6 is 11.6 Å². The van der Waals surface area contributed by atoms with E-state index in [0.29, 0.717) is 21.8 Å². The summed E-state index contributed by atoms with van der Waals surface area (Å²) < 4.78 is 27.2. The third-order valence-electron chi connectivity index (χ3n) is 3.06. The van der Waals surface area contributed by atoms with Crippen LogP contribution in [0.15, 0.2) is 47.4 Å². The van der Waals surface area contributed by atoms with Crippen LogP contribution in [0.1, 0.15) is 22.8 Å². The number of hydrogen-bond donors (Lipinski definition) is 1. The molecular weight excluding hydrogens is 310 g/mol. The number of benzene rings is 2. The second-order valence-electron chi connectivity index (χ2n) is 4.60. The van der Waals surface area contributed by atoms with Crippen molar-refractivity contribution in [2.75, 3.05) is 4.72 Å². The van der Waals surface area contributed by atoms with Gasteiger partial charge in [0.15, 0.2) is 5.78 Å². The summed E-state index contributed by atoms with van der Waals surface area (Å²) in [5.41, 5.74) is 1.40. The van der Waals surface area contributed by atoms with Gasteiger partial charge in [-0.25, -0.2) is 8.42 Å². The molecule has 0 radical (unpaired) electrons. The van der Waals surface area contributed by atoms with Crippen LogP contribution in [-0.4, -0.2) is 14.2 Å². The summed E-state index contributed by atoms with van der Waals surface area (Å²) >= 11 is 5.98. The number of carbonyl (C=O) groups is 1. The molecule has 21 heavy (non-hydrogen) atoms. The predicted molar refractivity (Wildman–Crippen MR) is 83.4 cm³/mol. The summed E-state index contributed by atoms with van der Waals surface area (Å²) in [4.78, 5) is 11.4. The quantitative estimate of drug-likeness (QED) is 0.873. The van der Waals surface area contributed by atoms with Crippen LogP contribution < -0.4 is 4.72 Å². The van der Waals surface area contributed by atoms with Gasteiger partial charge in [0.25, 0.3) is 10.0 Å². The molecule has 0 atom stereocenters. The van der Waals surface area contributed by atoms with E-state index in [1.54, 1.807) is 31.2 Å². The van der Waals surface area contributed by atoms with Crippen LogP contribution in [-0.2, 0) is 10.0 Å². The standard InChI is InChI=1S/C15H14ClNO3S/c1-10-14(16)7-4-8-15(10)17-21(19,20)13-6-3-5-12(9-13)11(2)18/h3-9,17H,1-2H3. The number of carbonyl (C=O) groups excluding carboxylic acids is 1. The van der Waals surface area contributed by atoms with Crippen LogP contribution in [0.25, 0.3) is 0 Å². The second-order valence-corrected chi connectivity index (χ2v) is 6.69. The van der Waals surface area contributed by atoms with Gasteiger partial charge in [0.05, 0.1) is 10.6 Å². The molecule has 0 heterocycles. The zero-order valence-electron chi connectivity index (χ0n) is 11.6. The van der Waals surface area contributed by atoms with Gasteiger partial charge in [-0.2, -0.15) is 0 Å². The molecule has 0 fully saturated rings. The van der Waals surface area contributed by atoms with Crippen molar-refractivity contribution in [3.05, 3.63) is 58.6 Å². The Kier molecular flexibility index (Phi) is 4.34. The zero-order chi connectivity index (χ0) is 15.6. The lowest BCUT2D eigenvalue weighted by atomic mass is 10.2. The molecule has 2 aromatic rings. The Labute approximate surface area is 128 Å². The van der Waals surface area contributed by atoms with Gasteiger partial charge >= 0.3 is 0 Å². The normalized spacial score (nSPS) is 11.2.